The number of hydrogen-bond donors (Lipinski definition) is 2. The van der Waals surface area contributed by atoms with Crippen LogP contribution in [-0.4, -0.2) is 31.2 Å². The Morgan fingerprint density at radius 2 is 1.88 bits per heavy atom. The molecule has 0 aromatic rings. The lowest BCUT2D eigenvalue weighted by atomic mass is 10.0. The molecule has 0 saturated heterocycles. The fourth-order valence-electron chi connectivity index (χ4n) is 1.12. The largest absolute Gasteiger partial charge is 0.401 e. The number of halogens is 3. The molecule has 6 heteroatoms. The van der Waals surface area contributed by atoms with Crippen LogP contribution in [0.15, 0.2) is 0 Å². The highest BCUT2D eigenvalue weighted by molar-refractivity contribution is 5.78. The predicted molar refractivity (Wildman–Crippen MR) is 56.0 cm³/mol. The molecule has 0 aromatic carbocycles. The Morgan fingerprint density at radius 3 is 2.31 bits per heavy atom. The molecule has 0 aliphatic rings. The number of alkyl halides is 3. The van der Waals surface area contributed by atoms with E-state index in [1.807, 2.05) is 20.8 Å². The van der Waals surface area contributed by atoms with E-state index in [1.165, 1.54) is 0 Å². The van der Waals surface area contributed by atoms with Gasteiger partial charge in [-0.05, 0) is 12.8 Å². The maximum absolute atomic E-state index is 11.8. The third kappa shape index (κ3) is 7.50. The van der Waals surface area contributed by atoms with Gasteiger partial charge in [-0.25, -0.2) is 0 Å². The maximum Gasteiger partial charge on any atom is 0.401 e. The van der Waals surface area contributed by atoms with Crippen molar-refractivity contribution in [1.29, 1.82) is 0 Å². The number of carbonyl (C=O) groups is 1. The van der Waals surface area contributed by atoms with Gasteiger partial charge in [-0.2, -0.15) is 13.2 Å². The second-order valence-electron chi connectivity index (χ2n) is 3.96. The van der Waals surface area contributed by atoms with E-state index in [1.54, 1.807) is 0 Å². The van der Waals surface area contributed by atoms with Gasteiger partial charge in [0, 0.05) is 6.04 Å². The first kappa shape index (κ1) is 15.2. The summed E-state index contributed by atoms with van der Waals surface area (Å²) in [6, 6.07) is -0.0230. The van der Waals surface area contributed by atoms with Gasteiger partial charge in [0.2, 0.25) is 5.91 Å². The smallest absolute Gasteiger partial charge is 0.352 e. The zero-order valence-corrected chi connectivity index (χ0v) is 9.82. The molecule has 96 valence electrons. The monoisotopic (exact) mass is 240 g/mol. The summed E-state index contributed by atoms with van der Waals surface area (Å²) in [7, 11) is 0. The van der Waals surface area contributed by atoms with Crippen molar-refractivity contribution in [3.8, 4) is 0 Å². The van der Waals surface area contributed by atoms with Crippen molar-refractivity contribution in [2.75, 3.05) is 13.1 Å². The zero-order valence-electron chi connectivity index (χ0n) is 9.82. The normalized spacial score (nSPS) is 15.6. The molecule has 0 bridgehead atoms. The Kier molecular flexibility index (Phi) is 6.40. The van der Waals surface area contributed by atoms with Crippen LogP contribution < -0.4 is 10.6 Å². The minimum absolute atomic E-state index is 0.0230. The lowest BCUT2D eigenvalue weighted by Gasteiger charge is -2.20. The van der Waals surface area contributed by atoms with Crippen LogP contribution in [0.25, 0.3) is 0 Å². The summed E-state index contributed by atoms with van der Waals surface area (Å²) in [5.74, 6) is -0.0939. The molecule has 0 aliphatic heterocycles. The van der Waals surface area contributed by atoms with Gasteiger partial charge >= 0.3 is 6.18 Å². The summed E-state index contributed by atoms with van der Waals surface area (Å²) in [5, 5.41) is 4.70. The Balaban J connectivity index is 3.75. The molecule has 2 unspecified atom stereocenters. The molecule has 1 amide bonds. The van der Waals surface area contributed by atoms with E-state index in [-0.39, 0.29) is 12.6 Å². The average Bonchev–Trinajstić information content (AvgIpc) is 2.14. The Morgan fingerprint density at radius 1 is 1.31 bits per heavy atom. The van der Waals surface area contributed by atoms with E-state index in [0.717, 1.165) is 6.42 Å². The number of carbonyl (C=O) groups excluding carboxylic acids is 1. The standard InChI is InChI=1S/C10H19F3N2O/c1-4-7(2)8(3)15-9(16)5-14-6-10(11,12)13/h7-8,14H,4-6H2,1-3H3,(H,15,16). The van der Waals surface area contributed by atoms with Crippen molar-refractivity contribution in [1.82, 2.24) is 10.6 Å². The topological polar surface area (TPSA) is 41.1 Å². The van der Waals surface area contributed by atoms with E-state index >= 15 is 0 Å². The SMILES string of the molecule is CCC(C)C(C)NC(=O)CNCC(F)(F)F. The van der Waals surface area contributed by atoms with Crippen LogP contribution in [0.3, 0.4) is 0 Å². The summed E-state index contributed by atoms with van der Waals surface area (Å²) >= 11 is 0. The van der Waals surface area contributed by atoms with Gasteiger partial charge in [-0.3, -0.25) is 4.79 Å². The lowest BCUT2D eigenvalue weighted by Crippen LogP contribution is -2.43. The molecule has 0 radical (unpaired) electrons. The van der Waals surface area contributed by atoms with Gasteiger partial charge in [0.25, 0.3) is 0 Å². The molecular formula is C10H19F3N2O. The summed E-state index contributed by atoms with van der Waals surface area (Å²) in [4.78, 5) is 11.2. The fraction of sp³-hybridized carbons (Fsp3) is 0.900. The van der Waals surface area contributed by atoms with Gasteiger partial charge in [-0.1, -0.05) is 20.3 Å². The molecule has 0 heterocycles. The highest BCUT2D eigenvalue weighted by Crippen LogP contribution is 2.11. The third-order valence-electron chi connectivity index (χ3n) is 2.50. The van der Waals surface area contributed by atoms with Gasteiger partial charge in [0.15, 0.2) is 0 Å². The first-order valence-corrected chi connectivity index (χ1v) is 5.33. The van der Waals surface area contributed by atoms with Gasteiger partial charge in [0.1, 0.15) is 0 Å². The van der Waals surface area contributed by atoms with E-state index in [9.17, 15) is 18.0 Å². The molecule has 0 spiro atoms. The Hall–Kier alpha value is -0.780. The van der Waals surface area contributed by atoms with Crippen molar-refractivity contribution in [3.63, 3.8) is 0 Å². The lowest BCUT2D eigenvalue weighted by molar-refractivity contribution is -0.128. The second-order valence-corrected chi connectivity index (χ2v) is 3.96. The van der Waals surface area contributed by atoms with Crippen LogP contribution >= 0.6 is 0 Å². The van der Waals surface area contributed by atoms with Crippen molar-refractivity contribution in [3.05, 3.63) is 0 Å². The highest BCUT2D eigenvalue weighted by atomic mass is 19.4. The van der Waals surface area contributed by atoms with E-state index < -0.39 is 18.6 Å². The summed E-state index contributed by atoms with van der Waals surface area (Å²) < 4.78 is 35.3. The maximum atomic E-state index is 11.8. The molecule has 0 aliphatic carbocycles. The van der Waals surface area contributed by atoms with Crippen LogP contribution in [-0.2, 0) is 4.79 Å². The van der Waals surface area contributed by atoms with Crippen molar-refractivity contribution in [2.24, 2.45) is 5.92 Å². The average molecular weight is 240 g/mol. The second kappa shape index (κ2) is 6.73. The predicted octanol–water partition coefficient (Wildman–Crippen LogP) is 1.69. The van der Waals surface area contributed by atoms with E-state index in [4.69, 9.17) is 0 Å². The highest BCUT2D eigenvalue weighted by Gasteiger charge is 2.26. The Bertz CT molecular complexity index is 219. The van der Waals surface area contributed by atoms with E-state index in [2.05, 4.69) is 10.6 Å². The van der Waals surface area contributed by atoms with E-state index in [0.29, 0.717) is 5.92 Å². The number of rotatable bonds is 6. The molecule has 0 rings (SSSR count). The molecule has 0 saturated carbocycles. The number of nitrogens with one attached hydrogen (secondary N) is 2. The van der Waals surface area contributed by atoms with Crippen molar-refractivity contribution < 1.29 is 18.0 Å². The zero-order chi connectivity index (χ0) is 12.8. The van der Waals surface area contributed by atoms with Gasteiger partial charge in [0.05, 0.1) is 13.1 Å². The number of amides is 1. The molecule has 3 nitrogen and oxygen atoms in total. The summed E-state index contributed by atoms with van der Waals surface area (Å²) in [6.45, 7) is 4.37. The molecule has 2 N–H and O–H groups in total. The van der Waals surface area contributed by atoms with Crippen LogP contribution in [0.2, 0.25) is 0 Å². The van der Waals surface area contributed by atoms with Crippen LogP contribution in [0, 0.1) is 5.92 Å². The minimum Gasteiger partial charge on any atom is -0.352 e. The molecular weight excluding hydrogens is 221 g/mol. The molecule has 0 fully saturated rings. The third-order valence-corrected chi connectivity index (χ3v) is 2.50. The first-order valence-electron chi connectivity index (χ1n) is 5.33. The van der Waals surface area contributed by atoms with Crippen LogP contribution in [0.1, 0.15) is 27.2 Å². The van der Waals surface area contributed by atoms with Gasteiger partial charge in [-0.15, -0.1) is 0 Å². The number of hydrogen-bond acceptors (Lipinski definition) is 2. The molecule has 0 aromatic heterocycles. The molecule has 2 atom stereocenters. The quantitative estimate of drug-likeness (QED) is 0.741. The van der Waals surface area contributed by atoms with Crippen molar-refractivity contribution in [2.45, 2.75) is 39.4 Å². The summed E-state index contributed by atoms with van der Waals surface area (Å²) in [6.07, 6.45) is -3.36. The van der Waals surface area contributed by atoms with Gasteiger partial charge < -0.3 is 10.6 Å². The first-order chi connectivity index (χ1) is 7.26. The van der Waals surface area contributed by atoms with Crippen molar-refractivity contribution >= 4 is 5.91 Å². The fourth-order valence-corrected chi connectivity index (χ4v) is 1.12. The Labute approximate surface area is 93.8 Å². The van der Waals surface area contributed by atoms with Crippen LogP contribution in [0.4, 0.5) is 13.2 Å². The minimum atomic E-state index is -4.28. The van der Waals surface area contributed by atoms with Crippen LogP contribution in [0.5, 0.6) is 0 Å². The molecule has 16 heavy (non-hydrogen) atoms. The summed E-state index contributed by atoms with van der Waals surface area (Å²) in [5.41, 5.74) is 0.